The highest BCUT2D eigenvalue weighted by molar-refractivity contribution is 5.89. The van der Waals surface area contributed by atoms with Gasteiger partial charge in [0.2, 0.25) is 0 Å². The van der Waals surface area contributed by atoms with Crippen molar-refractivity contribution in [1.29, 1.82) is 0 Å². The van der Waals surface area contributed by atoms with Gasteiger partial charge in [-0.2, -0.15) is 0 Å². The summed E-state index contributed by atoms with van der Waals surface area (Å²) in [6.07, 6.45) is 3.60. The highest BCUT2D eigenvalue weighted by atomic mass is 16.4. The molecule has 0 fully saturated rings. The molecule has 1 aromatic rings. The third-order valence-corrected chi connectivity index (χ3v) is 2.13. The topological polar surface area (TPSA) is 42.2 Å². The molecule has 0 aliphatic carbocycles. The first-order valence-corrected chi connectivity index (χ1v) is 4.49. The molecule has 1 N–H and O–H groups in total. The molecule has 0 aromatic carbocycles. The van der Waals surface area contributed by atoms with E-state index in [9.17, 15) is 4.79 Å². The maximum Gasteiger partial charge on any atom is 0.337 e. The van der Waals surface area contributed by atoms with Gasteiger partial charge in [-0.3, -0.25) is 0 Å². The molecule has 3 heteroatoms. The van der Waals surface area contributed by atoms with Gasteiger partial charge in [-0.15, -0.1) is 0 Å². The van der Waals surface area contributed by atoms with E-state index in [0.29, 0.717) is 5.56 Å². The first-order valence-electron chi connectivity index (χ1n) is 4.49. The van der Waals surface area contributed by atoms with Crippen LogP contribution in [0.4, 0.5) is 0 Å². The van der Waals surface area contributed by atoms with Crippen molar-refractivity contribution in [3.05, 3.63) is 23.5 Å². The number of aryl methyl sites for hydroxylation is 1. The largest absolute Gasteiger partial charge is 0.478 e. The molecule has 0 unspecified atom stereocenters. The third-order valence-electron chi connectivity index (χ3n) is 2.13. The van der Waals surface area contributed by atoms with Crippen LogP contribution in [0.25, 0.3) is 0 Å². The molecule has 0 spiro atoms. The first kappa shape index (κ1) is 9.84. The molecule has 0 aliphatic heterocycles. The lowest BCUT2D eigenvalue weighted by Crippen LogP contribution is -1.99. The molecule has 0 atom stereocenters. The fourth-order valence-corrected chi connectivity index (χ4v) is 1.35. The van der Waals surface area contributed by atoms with Crippen molar-refractivity contribution in [3.63, 3.8) is 0 Å². The van der Waals surface area contributed by atoms with Gasteiger partial charge in [-0.1, -0.05) is 13.8 Å². The Bertz CT molecular complexity index is 313. The van der Waals surface area contributed by atoms with Crippen LogP contribution < -0.4 is 0 Å². The van der Waals surface area contributed by atoms with Gasteiger partial charge in [0.05, 0.1) is 5.56 Å². The van der Waals surface area contributed by atoms with Crippen LogP contribution >= 0.6 is 0 Å². The van der Waals surface area contributed by atoms with Crippen LogP contribution in [0.5, 0.6) is 0 Å². The molecule has 0 saturated heterocycles. The molecule has 72 valence electrons. The zero-order valence-corrected chi connectivity index (χ0v) is 8.24. The van der Waals surface area contributed by atoms with Crippen molar-refractivity contribution in [2.75, 3.05) is 0 Å². The van der Waals surface area contributed by atoms with Crippen LogP contribution in [0.3, 0.4) is 0 Å². The van der Waals surface area contributed by atoms with E-state index in [1.54, 1.807) is 6.20 Å². The van der Waals surface area contributed by atoms with Crippen LogP contribution in [0.1, 0.15) is 42.6 Å². The monoisotopic (exact) mass is 181 g/mol. The lowest BCUT2D eigenvalue weighted by atomic mass is 10.0. The van der Waals surface area contributed by atoms with Gasteiger partial charge in [-0.05, 0) is 18.4 Å². The molecule has 3 nitrogen and oxygen atoms in total. The molecule has 0 radical (unpaired) electrons. The van der Waals surface area contributed by atoms with Gasteiger partial charge in [0.15, 0.2) is 0 Å². The summed E-state index contributed by atoms with van der Waals surface area (Å²) in [4.78, 5) is 10.8. The summed E-state index contributed by atoms with van der Waals surface area (Å²) in [6.45, 7) is 6.81. The summed E-state index contributed by atoms with van der Waals surface area (Å²) >= 11 is 0. The minimum atomic E-state index is -0.837. The molecule has 1 heterocycles. The lowest BCUT2D eigenvalue weighted by Gasteiger charge is -2.02. The Labute approximate surface area is 78.0 Å². The molecular formula is C10H15NO2. The van der Waals surface area contributed by atoms with Gasteiger partial charge < -0.3 is 9.67 Å². The Kier molecular flexibility index (Phi) is 2.76. The number of aromatic nitrogens is 1. The Morgan fingerprint density at radius 2 is 2.15 bits per heavy atom. The van der Waals surface area contributed by atoms with Crippen LogP contribution in [-0.4, -0.2) is 15.6 Å². The van der Waals surface area contributed by atoms with Crippen molar-refractivity contribution in [2.24, 2.45) is 0 Å². The van der Waals surface area contributed by atoms with E-state index in [-0.39, 0.29) is 5.92 Å². The molecular weight excluding hydrogens is 166 g/mol. The van der Waals surface area contributed by atoms with Gasteiger partial charge >= 0.3 is 5.97 Å². The molecule has 1 rings (SSSR count). The van der Waals surface area contributed by atoms with E-state index >= 15 is 0 Å². The predicted molar refractivity (Wildman–Crippen MR) is 51.2 cm³/mol. The van der Waals surface area contributed by atoms with Crippen LogP contribution in [0.15, 0.2) is 12.4 Å². The van der Waals surface area contributed by atoms with E-state index in [0.717, 1.165) is 12.1 Å². The lowest BCUT2D eigenvalue weighted by molar-refractivity contribution is 0.0695. The second kappa shape index (κ2) is 3.64. The summed E-state index contributed by atoms with van der Waals surface area (Å²) in [6, 6.07) is 0. The maximum atomic E-state index is 10.8. The number of carbonyl (C=O) groups is 1. The second-order valence-corrected chi connectivity index (χ2v) is 3.42. The highest BCUT2D eigenvalue weighted by Crippen LogP contribution is 2.20. The van der Waals surface area contributed by atoms with E-state index in [2.05, 4.69) is 0 Å². The van der Waals surface area contributed by atoms with E-state index < -0.39 is 5.97 Å². The SMILES string of the molecule is CCn1cc(C(=O)O)c(C(C)C)c1. The number of hydrogen-bond donors (Lipinski definition) is 1. The van der Waals surface area contributed by atoms with Crippen molar-refractivity contribution in [3.8, 4) is 0 Å². The number of rotatable bonds is 3. The Morgan fingerprint density at radius 3 is 2.46 bits per heavy atom. The van der Waals surface area contributed by atoms with Gasteiger partial charge in [0, 0.05) is 18.9 Å². The van der Waals surface area contributed by atoms with E-state index in [1.165, 1.54) is 0 Å². The van der Waals surface area contributed by atoms with Crippen LogP contribution in [0, 0.1) is 0 Å². The van der Waals surface area contributed by atoms with Crippen LogP contribution in [-0.2, 0) is 6.54 Å². The van der Waals surface area contributed by atoms with Crippen molar-refractivity contribution < 1.29 is 9.90 Å². The average Bonchev–Trinajstić information content (AvgIpc) is 2.47. The zero-order valence-electron chi connectivity index (χ0n) is 8.24. The standard InChI is InChI=1S/C10H15NO2/c1-4-11-5-8(7(2)3)9(6-11)10(12)13/h5-7H,4H2,1-3H3,(H,12,13). The Balaban J connectivity index is 3.15. The minimum Gasteiger partial charge on any atom is -0.478 e. The fraction of sp³-hybridized carbons (Fsp3) is 0.500. The second-order valence-electron chi connectivity index (χ2n) is 3.42. The van der Waals surface area contributed by atoms with Crippen molar-refractivity contribution in [2.45, 2.75) is 33.2 Å². The third kappa shape index (κ3) is 1.91. The number of carboxylic acid groups (broad SMARTS) is 1. The van der Waals surface area contributed by atoms with E-state index in [4.69, 9.17) is 5.11 Å². The Hall–Kier alpha value is -1.25. The number of nitrogens with zero attached hydrogens (tertiary/aromatic N) is 1. The number of carboxylic acids is 1. The molecule has 1 aromatic heterocycles. The smallest absolute Gasteiger partial charge is 0.337 e. The van der Waals surface area contributed by atoms with Crippen LogP contribution in [0.2, 0.25) is 0 Å². The molecule has 0 amide bonds. The summed E-state index contributed by atoms with van der Waals surface area (Å²) in [7, 11) is 0. The molecule has 0 saturated carbocycles. The van der Waals surface area contributed by atoms with Crippen molar-refractivity contribution in [1.82, 2.24) is 4.57 Å². The van der Waals surface area contributed by atoms with Gasteiger partial charge in [0.25, 0.3) is 0 Å². The normalized spacial score (nSPS) is 10.8. The molecule has 0 aliphatic rings. The minimum absolute atomic E-state index is 0.263. The molecule has 0 bridgehead atoms. The molecule has 13 heavy (non-hydrogen) atoms. The summed E-state index contributed by atoms with van der Waals surface area (Å²) in [5.74, 6) is -0.574. The fourth-order valence-electron chi connectivity index (χ4n) is 1.35. The quantitative estimate of drug-likeness (QED) is 0.777. The van der Waals surface area contributed by atoms with E-state index in [1.807, 2.05) is 31.5 Å². The van der Waals surface area contributed by atoms with Gasteiger partial charge in [-0.25, -0.2) is 4.79 Å². The first-order chi connectivity index (χ1) is 6.06. The number of aromatic carboxylic acids is 1. The Morgan fingerprint density at radius 1 is 1.54 bits per heavy atom. The summed E-state index contributed by atoms with van der Waals surface area (Å²) in [5.41, 5.74) is 1.34. The van der Waals surface area contributed by atoms with Gasteiger partial charge in [0.1, 0.15) is 0 Å². The zero-order chi connectivity index (χ0) is 10.0. The maximum absolute atomic E-state index is 10.8. The average molecular weight is 181 g/mol. The van der Waals surface area contributed by atoms with Crippen molar-refractivity contribution >= 4 is 5.97 Å². The highest BCUT2D eigenvalue weighted by Gasteiger charge is 2.14. The summed E-state index contributed by atoms with van der Waals surface area (Å²) in [5, 5.41) is 8.91. The number of hydrogen-bond acceptors (Lipinski definition) is 1. The predicted octanol–water partition coefficient (Wildman–Crippen LogP) is 2.33. The summed E-state index contributed by atoms with van der Waals surface area (Å²) < 4.78 is 1.90.